The van der Waals surface area contributed by atoms with Crippen molar-refractivity contribution in [1.29, 1.82) is 10.5 Å². The lowest BCUT2D eigenvalue weighted by molar-refractivity contribution is 0.0690. The van der Waals surface area contributed by atoms with Gasteiger partial charge in [-0.2, -0.15) is 10.5 Å². The number of fused-ring (bicyclic) bond motifs is 1. The molecule has 2 aromatic heterocycles. The molecule has 4 rings (SSSR count). The molecule has 1 atom stereocenters. The van der Waals surface area contributed by atoms with E-state index in [9.17, 15) is 10.1 Å². The van der Waals surface area contributed by atoms with Crippen molar-refractivity contribution in [3.63, 3.8) is 0 Å². The van der Waals surface area contributed by atoms with Gasteiger partial charge in [-0.3, -0.25) is 5.32 Å². The van der Waals surface area contributed by atoms with Gasteiger partial charge in [-0.05, 0) is 17.7 Å². The average Bonchev–Trinajstić information content (AvgIpc) is 2.79. The van der Waals surface area contributed by atoms with E-state index < -0.39 is 12.0 Å². The molecular formula is C21H15N9O2. The second kappa shape index (κ2) is 7.93. The molecule has 1 aromatic carbocycles. The van der Waals surface area contributed by atoms with Crippen molar-refractivity contribution in [1.82, 2.24) is 15.3 Å². The fourth-order valence-corrected chi connectivity index (χ4v) is 3.37. The number of pyridine rings is 2. The van der Waals surface area contributed by atoms with Crippen LogP contribution in [0.5, 0.6) is 0 Å². The summed E-state index contributed by atoms with van der Waals surface area (Å²) >= 11 is 0. The number of aromatic carboxylic acids is 1. The maximum atomic E-state index is 11.2. The zero-order valence-electron chi connectivity index (χ0n) is 16.4. The van der Waals surface area contributed by atoms with E-state index in [4.69, 9.17) is 21.8 Å². The lowest BCUT2D eigenvalue weighted by Gasteiger charge is -2.26. The molecule has 0 fully saturated rings. The number of nitriles is 2. The molecule has 0 amide bonds. The number of hydrogen-bond donors (Lipinski definition) is 5. The zero-order chi connectivity index (χ0) is 22.8. The molecule has 1 aliphatic heterocycles. The van der Waals surface area contributed by atoms with Gasteiger partial charge in [0.05, 0.1) is 11.4 Å². The van der Waals surface area contributed by atoms with Crippen LogP contribution < -0.4 is 22.1 Å². The number of nitrogens with two attached hydrogens (primary N) is 2. The summed E-state index contributed by atoms with van der Waals surface area (Å²) in [5.41, 5.74) is 14.6. The molecule has 11 heteroatoms. The summed E-state index contributed by atoms with van der Waals surface area (Å²) in [7, 11) is 0. The van der Waals surface area contributed by atoms with Crippen molar-refractivity contribution in [3.05, 3.63) is 64.8 Å². The minimum absolute atomic E-state index is 0.0343. The van der Waals surface area contributed by atoms with Gasteiger partial charge in [0.15, 0.2) is 6.19 Å². The number of anilines is 3. The topological polar surface area (TPSA) is 199 Å². The van der Waals surface area contributed by atoms with Gasteiger partial charge in [-0.1, -0.05) is 30.3 Å². The summed E-state index contributed by atoms with van der Waals surface area (Å²) in [5.74, 6) is -0.706. The maximum Gasteiger partial charge on any atom is 0.354 e. The second-order valence-electron chi connectivity index (χ2n) is 6.74. The van der Waals surface area contributed by atoms with Crippen molar-refractivity contribution in [2.24, 2.45) is 4.99 Å². The minimum atomic E-state index is -1.11. The number of nitrogens with one attached hydrogen (secondary N) is 2. The van der Waals surface area contributed by atoms with E-state index in [1.807, 2.05) is 6.07 Å². The van der Waals surface area contributed by atoms with E-state index >= 15 is 0 Å². The summed E-state index contributed by atoms with van der Waals surface area (Å²) in [4.78, 5) is 24.0. The fourth-order valence-electron chi connectivity index (χ4n) is 3.37. The summed E-state index contributed by atoms with van der Waals surface area (Å²) in [6, 6.07) is 13.1. The van der Waals surface area contributed by atoms with Gasteiger partial charge in [0.25, 0.3) is 0 Å². The van der Waals surface area contributed by atoms with E-state index in [2.05, 4.69) is 25.6 Å². The van der Waals surface area contributed by atoms with Gasteiger partial charge < -0.3 is 21.9 Å². The van der Waals surface area contributed by atoms with Gasteiger partial charge in [0.2, 0.25) is 5.96 Å². The molecule has 156 valence electrons. The van der Waals surface area contributed by atoms with Crippen LogP contribution in [0.15, 0.2) is 47.5 Å². The number of nitrogens with zero attached hydrogens (tertiary/aromatic N) is 5. The molecule has 3 heterocycles. The number of rotatable bonds is 3. The van der Waals surface area contributed by atoms with Crippen molar-refractivity contribution < 1.29 is 9.90 Å². The number of nitrogen functional groups attached to an aromatic ring is 2. The Kier molecular flexibility index (Phi) is 4.99. The summed E-state index contributed by atoms with van der Waals surface area (Å²) in [6.45, 7) is 0. The van der Waals surface area contributed by atoms with Crippen LogP contribution in [0.3, 0.4) is 0 Å². The number of aromatic nitrogens is 2. The Bertz CT molecular complexity index is 1350. The third-order valence-electron chi connectivity index (χ3n) is 4.85. The average molecular weight is 425 g/mol. The van der Waals surface area contributed by atoms with E-state index in [-0.39, 0.29) is 34.5 Å². The van der Waals surface area contributed by atoms with Crippen LogP contribution in [0.4, 0.5) is 17.3 Å². The number of carboxylic acid groups (broad SMARTS) is 1. The van der Waals surface area contributed by atoms with E-state index in [1.165, 1.54) is 6.07 Å². The molecule has 0 saturated carbocycles. The minimum Gasteiger partial charge on any atom is -0.477 e. The molecule has 0 saturated heterocycles. The highest BCUT2D eigenvalue weighted by atomic mass is 16.4. The molecule has 32 heavy (non-hydrogen) atoms. The monoisotopic (exact) mass is 425 g/mol. The predicted molar refractivity (Wildman–Crippen MR) is 116 cm³/mol. The molecule has 3 aromatic rings. The Hall–Kier alpha value is -5.16. The van der Waals surface area contributed by atoms with Crippen molar-refractivity contribution in [2.45, 2.75) is 6.04 Å². The molecule has 0 bridgehead atoms. The third kappa shape index (κ3) is 3.46. The molecule has 0 aliphatic carbocycles. The van der Waals surface area contributed by atoms with Crippen LogP contribution in [0.25, 0.3) is 11.3 Å². The van der Waals surface area contributed by atoms with Gasteiger partial charge in [-0.15, -0.1) is 0 Å². The maximum absolute atomic E-state index is 11.2. The SMILES string of the molecule is N#CNC1=NC(c2ccc(-c3cccc(C(=O)O)n3)cc2)c2c(nc(N)c(C#N)c2N)N1. The molecule has 11 nitrogen and oxygen atoms in total. The second-order valence-corrected chi connectivity index (χ2v) is 6.74. The Morgan fingerprint density at radius 2 is 1.88 bits per heavy atom. The van der Waals surface area contributed by atoms with Crippen LogP contribution in [-0.4, -0.2) is 27.0 Å². The number of hydrogen-bond acceptors (Lipinski definition) is 10. The molecule has 1 unspecified atom stereocenters. The molecule has 0 radical (unpaired) electrons. The number of guanidine groups is 1. The predicted octanol–water partition coefficient (Wildman–Crippen LogP) is 1.82. The molecule has 7 N–H and O–H groups in total. The van der Waals surface area contributed by atoms with Crippen molar-refractivity contribution in [3.8, 4) is 23.5 Å². The quantitative estimate of drug-likeness (QED) is 0.304. The van der Waals surface area contributed by atoms with Gasteiger partial charge in [-0.25, -0.2) is 19.8 Å². The lowest BCUT2D eigenvalue weighted by atomic mass is 9.94. The van der Waals surface area contributed by atoms with Gasteiger partial charge in [0.1, 0.15) is 35.0 Å². The first-order valence-corrected chi connectivity index (χ1v) is 9.22. The van der Waals surface area contributed by atoms with Crippen LogP contribution in [0.2, 0.25) is 0 Å². The number of carboxylic acids is 1. The standard InChI is InChI=1S/C21H15N9O2/c22-8-12-16(24)15-17(28-21(26-9-23)30-19(15)29-18(12)25)11-6-4-10(5-7-11)13-2-1-3-14(27-13)20(31)32/h1-7,17H,(H,31,32)(H6,24,25,26,28,29,30). The number of benzene rings is 1. The zero-order valence-corrected chi connectivity index (χ0v) is 16.4. The first-order chi connectivity index (χ1) is 15.4. The highest BCUT2D eigenvalue weighted by Gasteiger charge is 2.29. The molecule has 1 aliphatic rings. The van der Waals surface area contributed by atoms with Crippen LogP contribution in [0.1, 0.15) is 33.2 Å². The van der Waals surface area contributed by atoms with Crippen molar-refractivity contribution in [2.75, 3.05) is 16.8 Å². The van der Waals surface area contributed by atoms with E-state index in [0.29, 0.717) is 22.4 Å². The highest BCUT2D eigenvalue weighted by Crippen LogP contribution is 2.40. The number of aliphatic imine (C=N–C) groups is 1. The number of carbonyl (C=O) groups is 1. The van der Waals surface area contributed by atoms with E-state index in [0.717, 1.165) is 0 Å². The first kappa shape index (κ1) is 20.1. The van der Waals surface area contributed by atoms with Gasteiger partial charge >= 0.3 is 5.97 Å². The third-order valence-corrected chi connectivity index (χ3v) is 4.85. The van der Waals surface area contributed by atoms with Gasteiger partial charge in [0, 0.05) is 11.1 Å². The molecular weight excluding hydrogens is 410 g/mol. The van der Waals surface area contributed by atoms with Crippen molar-refractivity contribution >= 4 is 29.3 Å². The lowest BCUT2D eigenvalue weighted by Crippen LogP contribution is -2.32. The highest BCUT2D eigenvalue weighted by molar-refractivity contribution is 5.98. The first-order valence-electron chi connectivity index (χ1n) is 9.22. The van der Waals surface area contributed by atoms with Crippen LogP contribution in [0, 0.1) is 22.8 Å². The Balaban J connectivity index is 1.79. The van der Waals surface area contributed by atoms with Crippen LogP contribution >= 0.6 is 0 Å². The van der Waals surface area contributed by atoms with Crippen LogP contribution in [-0.2, 0) is 0 Å². The Morgan fingerprint density at radius 1 is 1.12 bits per heavy atom. The summed E-state index contributed by atoms with van der Waals surface area (Å²) < 4.78 is 0. The Morgan fingerprint density at radius 3 is 2.53 bits per heavy atom. The largest absolute Gasteiger partial charge is 0.477 e. The summed E-state index contributed by atoms with van der Waals surface area (Å²) in [5, 5.41) is 32.9. The fraction of sp³-hybridized carbons (Fsp3) is 0.0476. The Labute approximate surface area is 181 Å². The summed E-state index contributed by atoms with van der Waals surface area (Å²) in [6.07, 6.45) is 1.79. The normalized spacial score (nSPS) is 14.2. The smallest absolute Gasteiger partial charge is 0.354 e. The van der Waals surface area contributed by atoms with E-state index in [1.54, 1.807) is 42.6 Å². The molecule has 0 spiro atoms.